The molecule has 1 N–H and O–H groups in total. The Labute approximate surface area is 166 Å². The molecule has 4 rings (SSSR count). The minimum Gasteiger partial charge on any atom is -0.497 e. The highest BCUT2D eigenvalue weighted by molar-refractivity contribution is 5.93. The summed E-state index contributed by atoms with van der Waals surface area (Å²) in [5, 5.41) is 0. The maximum atomic E-state index is 12.8. The van der Waals surface area contributed by atoms with Crippen LogP contribution in [0.5, 0.6) is 5.75 Å². The first-order valence-corrected chi connectivity index (χ1v) is 8.98. The SMILES string of the molecule is COc1ccc(N(C)C(=O)Cn2c(=O)[nH]c3cnc(-c4ccccc4)nc32)cc1. The first-order valence-electron chi connectivity index (χ1n) is 8.98. The molecule has 0 saturated heterocycles. The number of carbonyl (C=O) groups excluding carboxylic acids is 1. The zero-order valence-corrected chi connectivity index (χ0v) is 16.0. The number of aromatic amines is 1. The average Bonchev–Trinajstić information content (AvgIpc) is 3.08. The van der Waals surface area contributed by atoms with Gasteiger partial charge in [0.15, 0.2) is 11.5 Å². The summed E-state index contributed by atoms with van der Waals surface area (Å²) < 4.78 is 6.46. The van der Waals surface area contributed by atoms with Crippen LogP contribution in [0.3, 0.4) is 0 Å². The molecule has 8 heteroatoms. The van der Waals surface area contributed by atoms with Gasteiger partial charge in [0.25, 0.3) is 0 Å². The standard InChI is InChI=1S/C21H19N5O3/c1-25(15-8-10-16(29-2)11-9-15)18(27)13-26-20-17(23-21(26)28)12-22-19(24-20)14-6-4-3-5-7-14/h3-12H,13H2,1-2H3,(H,23,28). The van der Waals surface area contributed by atoms with Gasteiger partial charge >= 0.3 is 5.69 Å². The summed E-state index contributed by atoms with van der Waals surface area (Å²) in [6.45, 7) is -0.146. The molecule has 0 aliphatic heterocycles. The molecule has 0 saturated carbocycles. The quantitative estimate of drug-likeness (QED) is 0.566. The van der Waals surface area contributed by atoms with Crippen LogP contribution in [0.2, 0.25) is 0 Å². The summed E-state index contributed by atoms with van der Waals surface area (Å²) in [4.78, 5) is 38.2. The van der Waals surface area contributed by atoms with Crippen molar-refractivity contribution < 1.29 is 9.53 Å². The number of hydrogen-bond acceptors (Lipinski definition) is 5. The number of hydrogen-bond donors (Lipinski definition) is 1. The second-order valence-corrected chi connectivity index (χ2v) is 6.46. The molecule has 0 aliphatic carbocycles. The molecule has 2 aromatic carbocycles. The number of ether oxygens (including phenoxy) is 1. The van der Waals surface area contributed by atoms with Crippen molar-refractivity contribution in [3.8, 4) is 17.1 Å². The van der Waals surface area contributed by atoms with E-state index in [2.05, 4.69) is 15.0 Å². The molecule has 4 aromatic rings. The van der Waals surface area contributed by atoms with E-state index in [0.717, 1.165) is 5.56 Å². The molecule has 2 aromatic heterocycles. The summed E-state index contributed by atoms with van der Waals surface area (Å²) in [6, 6.07) is 16.6. The predicted molar refractivity (Wildman–Crippen MR) is 110 cm³/mol. The lowest BCUT2D eigenvalue weighted by Gasteiger charge is -2.17. The van der Waals surface area contributed by atoms with Crippen LogP contribution in [-0.2, 0) is 11.3 Å². The topological polar surface area (TPSA) is 93.1 Å². The number of rotatable bonds is 5. The lowest BCUT2D eigenvalue weighted by Crippen LogP contribution is -2.33. The molecule has 8 nitrogen and oxygen atoms in total. The van der Waals surface area contributed by atoms with E-state index in [1.165, 1.54) is 9.47 Å². The van der Waals surface area contributed by atoms with Gasteiger partial charge in [0.1, 0.15) is 17.8 Å². The maximum Gasteiger partial charge on any atom is 0.328 e. The van der Waals surface area contributed by atoms with Crippen LogP contribution < -0.4 is 15.3 Å². The molecule has 0 radical (unpaired) electrons. The van der Waals surface area contributed by atoms with Gasteiger partial charge in [-0.3, -0.25) is 9.36 Å². The van der Waals surface area contributed by atoms with Gasteiger partial charge in [0.05, 0.1) is 13.3 Å². The number of amides is 1. The Morgan fingerprint density at radius 3 is 2.55 bits per heavy atom. The Bertz CT molecular complexity index is 1210. The number of imidazole rings is 1. The summed E-state index contributed by atoms with van der Waals surface area (Å²) in [6.07, 6.45) is 1.56. The Balaban J connectivity index is 1.65. The number of aromatic nitrogens is 4. The number of likely N-dealkylation sites (N-methyl/N-ethyl adjacent to an activating group) is 1. The van der Waals surface area contributed by atoms with Gasteiger partial charge in [0.2, 0.25) is 5.91 Å². The van der Waals surface area contributed by atoms with Gasteiger partial charge < -0.3 is 14.6 Å². The fraction of sp³-hybridized carbons (Fsp3) is 0.143. The van der Waals surface area contributed by atoms with Gasteiger partial charge in [0, 0.05) is 18.3 Å². The lowest BCUT2D eigenvalue weighted by molar-refractivity contribution is -0.118. The van der Waals surface area contributed by atoms with E-state index in [4.69, 9.17) is 4.74 Å². The van der Waals surface area contributed by atoms with Crippen LogP contribution in [0.1, 0.15) is 0 Å². The highest BCUT2D eigenvalue weighted by Crippen LogP contribution is 2.19. The third kappa shape index (κ3) is 3.60. The van der Waals surface area contributed by atoms with E-state index in [0.29, 0.717) is 28.4 Å². The number of benzene rings is 2. The molecule has 29 heavy (non-hydrogen) atoms. The normalized spacial score (nSPS) is 10.8. The Morgan fingerprint density at radius 2 is 1.86 bits per heavy atom. The Kier molecular flexibility index (Phi) is 4.82. The Morgan fingerprint density at radius 1 is 1.14 bits per heavy atom. The second kappa shape index (κ2) is 7.59. The number of carbonyl (C=O) groups is 1. The summed E-state index contributed by atoms with van der Waals surface area (Å²) in [7, 11) is 3.24. The molecular formula is C21H19N5O3. The van der Waals surface area contributed by atoms with Crippen LogP contribution in [-0.4, -0.2) is 39.6 Å². The predicted octanol–water partition coefficient (Wildman–Crippen LogP) is 2.46. The van der Waals surface area contributed by atoms with Gasteiger partial charge in [-0.1, -0.05) is 30.3 Å². The number of methoxy groups -OCH3 is 1. The van der Waals surface area contributed by atoms with Crippen LogP contribution >= 0.6 is 0 Å². The smallest absolute Gasteiger partial charge is 0.328 e. The molecule has 2 heterocycles. The summed E-state index contributed by atoms with van der Waals surface area (Å²) >= 11 is 0. The van der Waals surface area contributed by atoms with Crippen LogP contribution in [0.15, 0.2) is 65.6 Å². The number of fused-ring (bicyclic) bond motifs is 1. The lowest BCUT2D eigenvalue weighted by atomic mass is 10.2. The molecule has 0 atom stereocenters. The molecule has 0 fully saturated rings. The molecule has 1 amide bonds. The van der Waals surface area contributed by atoms with Crippen LogP contribution in [0.25, 0.3) is 22.6 Å². The first-order chi connectivity index (χ1) is 14.1. The van der Waals surface area contributed by atoms with E-state index in [1.807, 2.05) is 30.3 Å². The monoisotopic (exact) mass is 389 g/mol. The van der Waals surface area contributed by atoms with E-state index in [-0.39, 0.29) is 12.5 Å². The fourth-order valence-corrected chi connectivity index (χ4v) is 3.01. The molecule has 0 bridgehead atoms. The van der Waals surface area contributed by atoms with Crippen molar-refractivity contribution in [1.82, 2.24) is 19.5 Å². The molecule has 146 valence electrons. The van der Waals surface area contributed by atoms with E-state index in [9.17, 15) is 9.59 Å². The zero-order valence-electron chi connectivity index (χ0n) is 16.0. The van der Waals surface area contributed by atoms with Crippen molar-refractivity contribution in [2.24, 2.45) is 0 Å². The van der Waals surface area contributed by atoms with Crippen molar-refractivity contribution in [2.75, 3.05) is 19.1 Å². The van der Waals surface area contributed by atoms with E-state index >= 15 is 0 Å². The third-order valence-electron chi connectivity index (χ3n) is 4.67. The highest BCUT2D eigenvalue weighted by atomic mass is 16.5. The zero-order chi connectivity index (χ0) is 20.4. The average molecular weight is 389 g/mol. The van der Waals surface area contributed by atoms with Crippen molar-refractivity contribution >= 4 is 22.8 Å². The maximum absolute atomic E-state index is 12.8. The van der Waals surface area contributed by atoms with Crippen LogP contribution in [0, 0.1) is 0 Å². The van der Waals surface area contributed by atoms with Crippen molar-refractivity contribution in [1.29, 1.82) is 0 Å². The van der Waals surface area contributed by atoms with Gasteiger partial charge in [-0.05, 0) is 24.3 Å². The number of nitrogens with one attached hydrogen (secondary N) is 1. The van der Waals surface area contributed by atoms with Crippen molar-refractivity contribution in [3.63, 3.8) is 0 Å². The number of nitrogens with zero attached hydrogens (tertiary/aromatic N) is 4. The third-order valence-corrected chi connectivity index (χ3v) is 4.67. The molecule has 0 unspecified atom stereocenters. The van der Waals surface area contributed by atoms with Gasteiger partial charge in [-0.2, -0.15) is 0 Å². The first kappa shape index (κ1) is 18.4. The minimum atomic E-state index is -0.406. The molecule has 0 spiro atoms. The van der Waals surface area contributed by atoms with E-state index in [1.54, 1.807) is 44.6 Å². The number of H-pyrrole nitrogens is 1. The van der Waals surface area contributed by atoms with Gasteiger partial charge in [-0.25, -0.2) is 14.8 Å². The van der Waals surface area contributed by atoms with Crippen LogP contribution in [0.4, 0.5) is 5.69 Å². The largest absolute Gasteiger partial charge is 0.497 e. The molecule has 0 aliphatic rings. The van der Waals surface area contributed by atoms with Gasteiger partial charge in [-0.15, -0.1) is 0 Å². The van der Waals surface area contributed by atoms with Crippen molar-refractivity contribution in [3.05, 3.63) is 71.3 Å². The minimum absolute atomic E-state index is 0.146. The summed E-state index contributed by atoms with van der Waals surface area (Å²) in [5.41, 5.74) is 1.99. The molecular weight excluding hydrogens is 370 g/mol. The number of anilines is 1. The summed E-state index contributed by atoms with van der Waals surface area (Å²) in [5.74, 6) is 0.937. The van der Waals surface area contributed by atoms with E-state index < -0.39 is 5.69 Å². The van der Waals surface area contributed by atoms with Crippen molar-refractivity contribution in [2.45, 2.75) is 6.54 Å². The highest BCUT2D eigenvalue weighted by Gasteiger charge is 2.17. The Hall–Kier alpha value is -3.94. The second-order valence-electron chi connectivity index (χ2n) is 6.46. The fourth-order valence-electron chi connectivity index (χ4n) is 3.01.